The van der Waals surface area contributed by atoms with Gasteiger partial charge in [0.15, 0.2) is 0 Å². The van der Waals surface area contributed by atoms with E-state index >= 15 is 0 Å². The number of aromatic amines is 1. The standard InChI is InChI=1S/C10H12ClN3/c1-6(12)4-7-2-3-9-8(5-7)10(11)14-13-9/h2-3,5-6H,4,12H2,1H3,(H,13,14). The number of nitrogens with two attached hydrogens (primary N) is 1. The molecule has 1 aromatic heterocycles. The average Bonchev–Trinajstić information content (AvgIpc) is 2.47. The molecule has 2 rings (SSSR count). The first-order chi connectivity index (χ1) is 6.66. The molecule has 0 bridgehead atoms. The van der Waals surface area contributed by atoms with Gasteiger partial charge in [-0.05, 0) is 31.0 Å². The van der Waals surface area contributed by atoms with E-state index in [9.17, 15) is 0 Å². The number of hydrogen-bond acceptors (Lipinski definition) is 2. The minimum atomic E-state index is 0.165. The Balaban J connectivity index is 2.44. The van der Waals surface area contributed by atoms with Crippen molar-refractivity contribution >= 4 is 22.5 Å². The Bertz CT molecular complexity index is 448. The van der Waals surface area contributed by atoms with Gasteiger partial charge in [-0.2, -0.15) is 5.10 Å². The lowest BCUT2D eigenvalue weighted by Gasteiger charge is -2.04. The van der Waals surface area contributed by atoms with Gasteiger partial charge in [0.05, 0.1) is 5.52 Å². The molecule has 1 unspecified atom stereocenters. The summed E-state index contributed by atoms with van der Waals surface area (Å²) in [5.74, 6) is 0. The molecule has 0 fully saturated rings. The number of rotatable bonds is 2. The normalized spacial score (nSPS) is 13.4. The highest BCUT2D eigenvalue weighted by molar-refractivity contribution is 6.34. The van der Waals surface area contributed by atoms with Crippen molar-refractivity contribution in [3.8, 4) is 0 Å². The first-order valence-electron chi connectivity index (χ1n) is 4.55. The summed E-state index contributed by atoms with van der Waals surface area (Å²) in [5.41, 5.74) is 7.81. The smallest absolute Gasteiger partial charge is 0.132 e. The molecule has 4 heteroatoms. The van der Waals surface area contributed by atoms with Crippen LogP contribution >= 0.6 is 11.6 Å². The Kier molecular flexibility index (Phi) is 2.44. The predicted molar refractivity (Wildman–Crippen MR) is 58.5 cm³/mol. The van der Waals surface area contributed by atoms with E-state index in [1.807, 2.05) is 25.1 Å². The molecular formula is C10H12ClN3. The molecule has 74 valence electrons. The second-order valence-electron chi connectivity index (χ2n) is 3.57. The van der Waals surface area contributed by atoms with Gasteiger partial charge in [0, 0.05) is 11.4 Å². The van der Waals surface area contributed by atoms with Crippen LogP contribution in [0.2, 0.25) is 5.15 Å². The molecule has 0 amide bonds. The van der Waals surface area contributed by atoms with E-state index in [0.717, 1.165) is 17.3 Å². The number of benzene rings is 1. The summed E-state index contributed by atoms with van der Waals surface area (Å²) >= 11 is 5.93. The van der Waals surface area contributed by atoms with Crippen LogP contribution in [0.5, 0.6) is 0 Å². The van der Waals surface area contributed by atoms with Crippen molar-refractivity contribution in [1.82, 2.24) is 10.2 Å². The number of nitrogens with zero attached hydrogens (tertiary/aromatic N) is 1. The lowest BCUT2D eigenvalue weighted by atomic mass is 10.1. The molecule has 0 saturated carbocycles. The summed E-state index contributed by atoms with van der Waals surface area (Å²) in [5, 5.41) is 8.34. The van der Waals surface area contributed by atoms with Gasteiger partial charge in [0.2, 0.25) is 0 Å². The van der Waals surface area contributed by atoms with Crippen LogP contribution in [0, 0.1) is 0 Å². The Morgan fingerprint density at radius 1 is 1.57 bits per heavy atom. The molecule has 1 aromatic carbocycles. The fraction of sp³-hybridized carbons (Fsp3) is 0.300. The number of hydrogen-bond donors (Lipinski definition) is 2. The topological polar surface area (TPSA) is 54.7 Å². The van der Waals surface area contributed by atoms with E-state index in [0.29, 0.717) is 5.15 Å². The van der Waals surface area contributed by atoms with Crippen LogP contribution in [-0.4, -0.2) is 16.2 Å². The summed E-state index contributed by atoms with van der Waals surface area (Å²) in [7, 11) is 0. The lowest BCUT2D eigenvalue weighted by molar-refractivity contribution is 0.739. The van der Waals surface area contributed by atoms with Gasteiger partial charge in [-0.15, -0.1) is 0 Å². The zero-order chi connectivity index (χ0) is 10.1. The van der Waals surface area contributed by atoms with E-state index in [2.05, 4.69) is 10.2 Å². The molecule has 2 aromatic rings. The zero-order valence-electron chi connectivity index (χ0n) is 7.92. The Morgan fingerprint density at radius 3 is 3.07 bits per heavy atom. The molecule has 0 saturated heterocycles. The quantitative estimate of drug-likeness (QED) is 0.796. The molecule has 3 N–H and O–H groups in total. The molecule has 0 aliphatic heterocycles. The van der Waals surface area contributed by atoms with Crippen LogP contribution in [0.15, 0.2) is 18.2 Å². The molecule has 0 spiro atoms. The van der Waals surface area contributed by atoms with Gasteiger partial charge in [0.25, 0.3) is 0 Å². The first kappa shape index (κ1) is 9.49. The third-order valence-electron chi connectivity index (χ3n) is 2.13. The van der Waals surface area contributed by atoms with Gasteiger partial charge in [-0.25, -0.2) is 0 Å². The van der Waals surface area contributed by atoms with Crippen molar-refractivity contribution in [2.75, 3.05) is 0 Å². The molecule has 0 radical (unpaired) electrons. The van der Waals surface area contributed by atoms with E-state index in [-0.39, 0.29) is 6.04 Å². The van der Waals surface area contributed by atoms with Crippen molar-refractivity contribution in [3.63, 3.8) is 0 Å². The van der Waals surface area contributed by atoms with Crippen molar-refractivity contribution in [1.29, 1.82) is 0 Å². The maximum atomic E-state index is 5.93. The largest absolute Gasteiger partial charge is 0.328 e. The predicted octanol–water partition coefficient (Wildman–Crippen LogP) is 2.11. The Morgan fingerprint density at radius 2 is 2.36 bits per heavy atom. The van der Waals surface area contributed by atoms with Crippen LogP contribution in [0.1, 0.15) is 12.5 Å². The molecule has 0 aliphatic carbocycles. The Labute approximate surface area is 87.2 Å². The fourth-order valence-corrected chi connectivity index (χ4v) is 1.72. The SMILES string of the molecule is CC(N)Cc1ccc2n[nH]c(Cl)c2c1. The maximum Gasteiger partial charge on any atom is 0.132 e. The van der Waals surface area contributed by atoms with E-state index in [1.165, 1.54) is 5.56 Å². The van der Waals surface area contributed by atoms with Crippen LogP contribution < -0.4 is 5.73 Å². The molecule has 1 atom stereocenters. The van der Waals surface area contributed by atoms with Crippen LogP contribution in [-0.2, 0) is 6.42 Å². The summed E-state index contributed by atoms with van der Waals surface area (Å²) in [6.45, 7) is 1.99. The third-order valence-corrected chi connectivity index (χ3v) is 2.42. The molecular weight excluding hydrogens is 198 g/mol. The summed E-state index contributed by atoms with van der Waals surface area (Å²) in [6, 6.07) is 6.18. The minimum Gasteiger partial charge on any atom is -0.328 e. The van der Waals surface area contributed by atoms with Gasteiger partial charge in [-0.3, -0.25) is 5.10 Å². The van der Waals surface area contributed by atoms with Crippen LogP contribution in [0.3, 0.4) is 0 Å². The van der Waals surface area contributed by atoms with E-state index < -0.39 is 0 Å². The van der Waals surface area contributed by atoms with Crippen molar-refractivity contribution < 1.29 is 0 Å². The number of H-pyrrole nitrogens is 1. The van der Waals surface area contributed by atoms with Crippen LogP contribution in [0.4, 0.5) is 0 Å². The van der Waals surface area contributed by atoms with Gasteiger partial charge in [0.1, 0.15) is 5.15 Å². The first-order valence-corrected chi connectivity index (χ1v) is 4.92. The van der Waals surface area contributed by atoms with Gasteiger partial charge >= 0.3 is 0 Å². The number of halogens is 1. The minimum absolute atomic E-state index is 0.165. The average molecular weight is 210 g/mol. The van der Waals surface area contributed by atoms with Crippen molar-refractivity contribution in [2.24, 2.45) is 5.73 Å². The number of nitrogens with one attached hydrogen (secondary N) is 1. The van der Waals surface area contributed by atoms with E-state index in [1.54, 1.807) is 0 Å². The lowest BCUT2D eigenvalue weighted by Crippen LogP contribution is -2.17. The molecule has 1 heterocycles. The second-order valence-corrected chi connectivity index (χ2v) is 3.95. The number of fused-ring (bicyclic) bond motifs is 1. The summed E-state index contributed by atoms with van der Waals surface area (Å²) < 4.78 is 0. The van der Waals surface area contributed by atoms with Gasteiger partial charge < -0.3 is 5.73 Å². The fourth-order valence-electron chi connectivity index (χ4n) is 1.52. The zero-order valence-corrected chi connectivity index (χ0v) is 8.67. The Hall–Kier alpha value is -1.06. The van der Waals surface area contributed by atoms with Crippen molar-refractivity contribution in [2.45, 2.75) is 19.4 Å². The van der Waals surface area contributed by atoms with Crippen molar-refractivity contribution in [3.05, 3.63) is 28.9 Å². The molecule has 14 heavy (non-hydrogen) atoms. The third kappa shape index (κ3) is 1.74. The molecule has 0 aliphatic rings. The summed E-state index contributed by atoms with van der Waals surface area (Å²) in [4.78, 5) is 0. The highest BCUT2D eigenvalue weighted by Crippen LogP contribution is 2.21. The van der Waals surface area contributed by atoms with Gasteiger partial charge in [-0.1, -0.05) is 17.7 Å². The highest BCUT2D eigenvalue weighted by Gasteiger charge is 2.04. The van der Waals surface area contributed by atoms with Crippen LogP contribution in [0.25, 0.3) is 10.9 Å². The maximum absolute atomic E-state index is 5.93. The highest BCUT2D eigenvalue weighted by atomic mass is 35.5. The molecule has 3 nitrogen and oxygen atoms in total. The second kappa shape index (κ2) is 3.59. The number of aromatic nitrogens is 2. The monoisotopic (exact) mass is 209 g/mol. The summed E-state index contributed by atoms with van der Waals surface area (Å²) in [6.07, 6.45) is 0.859. The van der Waals surface area contributed by atoms with E-state index in [4.69, 9.17) is 17.3 Å².